The van der Waals surface area contributed by atoms with Crippen molar-refractivity contribution in [2.24, 2.45) is 0 Å². The Labute approximate surface area is 135 Å². The summed E-state index contributed by atoms with van der Waals surface area (Å²) in [4.78, 5) is 12.9. The molecule has 2 aromatic rings. The van der Waals surface area contributed by atoms with Gasteiger partial charge in [0.15, 0.2) is 0 Å². The summed E-state index contributed by atoms with van der Waals surface area (Å²) in [6.07, 6.45) is 0. The van der Waals surface area contributed by atoms with Crippen LogP contribution in [0.3, 0.4) is 0 Å². The van der Waals surface area contributed by atoms with Gasteiger partial charge in [-0.2, -0.15) is 0 Å². The molecule has 3 rings (SSSR count). The van der Waals surface area contributed by atoms with Crippen molar-refractivity contribution in [3.63, 3.8) is 0 Å². The second-order valence-electron chi connectivity index (χ2n) is 4.71. The molecule has 1 aromatic heterocycles. The van der Waals surface area contributed by atoms with Gasteiger partial charge in [-0.25, -0.2) is 4.79 Å². The zero-order valence-corrected chi connectivity index (χ0v) is 13.2. The van der Waals surface area contributed by atoms with Gasteiger partial charge in [-0.05, 0) is 18.2 Å². The summed E-state index contributed by atoms with van der Waals surface area (Å²) >= 11 is 13.4. The van der Waals surface area contributed by atoms with Crippen molar-refractivity contribution in [2.45, 2.75) is 12.7 Å². The molecule has 1 unspecified atom stereocenters. The third kappa shape index (κ3) is 2.49. The van der Waals surface area contributed by atoms with Crippen molar-refractivity contribution in [1.82, 2.24) is 0 Å². The zero-order chi connectivity index (χ0) is 15.2. The molecule has 1 aliphatic heterocycles. The van der Waals surface area contributed by atoms with Gasteiger partial charge in [-0.3, -0.25) is 0 Å². The Morgan fingerprint density at radius 3 is 2.52 bits per heavy atom. The molecule has 0 amide bonds. The van der Waals surface area contributed by atoms with Crippen LogP contribution in [0.25, 0.3) is 11.1 Å². The SMILES string of the molecule is CC1(O)OC(=O)C(c2ccccc2Cl)=C1c1ccc(Cl)s1. The highest BCUT2D eigenvalue weighted by molar-refractivity contribution is 7.17. The molecule has 1 atom stereocenters. The topological polar surface area (TPSA) is 46.5 Å². The number of hydrogen-bond acceptors (Lipinski definition) is 4. The van der Waals surface area contributed by atoms with Crippen molar-refractivity contribution in [3.8, 4) is 0 Å². The summed E-state index contributed by atoms with van der Waals surface area (Å²) in [5.41, 5.74) is 1.18. The number of ether oxygens (including phenoxy) is 1. The van der Waals surface area contributed by atoms with E-state index in [1.165, 1.54) is 18.3 Å². The van der Waals surface area contributed by atoms with Crippen LogP contribution in [0.1, 0.15) is 17.4 Å². The van der Waals surface area contributed by atoms with E-state index < -0.39 is 11.8 Å². The fraction of sp³-hybridized carbons (Fsp3) is 0.133. The van der Waals surface area contributed by atoms with E-state index >= 15 is 0 Å². The van der Waals surface area contributed by atoms with E-state index in [-0.39, 0.29) is 5.57 Å². The molecule has 1 aliphatic rings. The number of esters is 1. The summed E-state index contributed by atoms with van der Waals surface area (Å²) in [6, 6.07) is 10.4. The van der Waals surface area contributed by atoms with Crippen molar-refractivity contribution in [2.75, 3.05) is 0 Å². The number of rotatable bonds is 2. The van der Waals surface area contributed by atoms with Gasteiger partial charge in [0.25, 0.3) is 0 Å². The Hall–Kier alpha value is -1.33. The molecule has 108 valence electrons. The summed E-state index contributed by atoms with van der Waals surface area (Å²) in [5, 5.41) is 10.8. The summed E-state index contributed by atoms with van der Waals surface area (Å²) in [5.74, 6) is -2.31. The van der Waals surface area contributed by atoms with Gasteiger partial charge < -0.3 is 9.84 Å². The van der Waals surface area contributed by atoms with E-state index in [4.69, 9.17) is 27.9 Å². The lowest BCUT2D eigenvalue weighted by molar-refractivity contribution is -0.169. The molecule has 0 fully saturated rings. The van der Waals surface area contributed by atoms with Crippen LogP contribution in [0.5, 0.6) is 0 Å². The van der Waals surface area contributed by atoms with Gasteiger partial charge in [-0.1, -0.05) is 41.4 Å². The minimum atomic E-state index is -1.71. The highest BCUT2D eigenvalue weighted by atomic mass is 35.5. The van der Waals surface area contributed by atoms with Gasteiger partial charge in [0.2, 0.25) is 5.79 Å². The van der Waals surface area contributed by atoms with E-state index in [2.05, 4.69) is 0 Å². The van der Waals surface area contributed by atoms with Crippen molar-refractivity contribution in [1.29, 1.82) is 0 Å². The quantitative estimate of drug-likeness (QED) is 0.832. The monoisotopic (exact) mass is 340 g/mol. The fourth-order valence-electron chi connectivity index (χ4n) is 2.33. The van der Waals surface area contributed by atoms with Crippen LogP contribution in [0, 0.1) is 0 Å². The largest absolute Gasteiger partial charge is 0.425 e. The van der Waals surface area contributed by atoms with Gasteiger partial charge in [0.1, 0.15) is 0 Å². The lowest BCUT2D eigenvalue weighted by atomic mass is 9.96. The van der Waals surface area contributed by atoms with Gasteiger partial charge in [-0.15, -0.1) is 11.3 Å². The molecule has 6 heteroatoms. The normalized spacial score (nSPS) is 21.8. The van der Waals surface area contributed by atoms with Crippen LogP contribution < -0.4 is 0 Å². The Morgan fingerprint density at radius 2 is 1.90 bits per heavy atom. The Kier molecular flexibility index (Phi) is 3.58. The fourth-order valence-corrected chi connectivity index (χ4v) is 3.74. The first-order chi connectivity index (χ1) is 9.90. The van der Waals surface area contributed by atoms with Gasteiger partial charge in [0, 0.05) is 22.4 Å². The molecule has 3 nitrogen and oxygen atoms in total. The first-order valence-corrected chi connectivity index (χ1v) is 7.68. The van der Waals surface area contributed by atoms with E-state index in [1.54, 1.807) is 36.4 Å². The predicted octanol–water partition coefficient (Wildman–Crippen LogP) is 4.23. The van der Waals surface area contributed by atoms with E-state index in [9.17, 15) is 9.90 Å². The first kappa shape index (κ1) is 14.6. The second-order valence-corrected chi connectivity index (χ2v) is 6.83. The highest BCUT2D eigenvalue weighted by Gasteiger charge is 2.44. The third-order valence-corrected chi connectivity index (χ3v) is 4.75. The lowest BCUT2D eigenvalue weighted by Crippen LogP contribution is -2.25. The lowest BCUT2D eigenvalue weighted by Gasteiger charge is -2.18. The predicted molar refractivity (Wildman–Crippen MR) is 84.3 cm³/mol. The van der Waals surface area contributed by atoms with Crippen LogP contribution in [-0.2, 0) is 9.53 Å². The third-order valence-electron chi connectivity index (χ3n) is 3.17. The Balaban J connectivity index is 2.30. The second kappa shape index (κ2) is 5.14. The maximum atomic E-state index is 12.2. The van der Waals surface area contributed by atoms with Crippen LogP contribution in [0.4, 0.5) is 0 Å². The maximum Gasteiger partial charge on any atom is 0.342 e. The van der Waals surface area contributed by atoms with Crippen LogP contribution in [-0.4, -0.2) is 16.9 Å². The average molecular weight is 341 g/mol. The summed E-state index contributed by atoms with van der Waals surface area (Å²) < 4.78 is 5.66. The van der Waals surface area contributed by atoms with Crippen molar-refractivity contribution < 1.29 is 14.6 Å². The highest BCUT2D eigenvalue weighted by Crippen LogP contribution is 2.46. The zero-order valence-electron chi connectivity index (χ0n) is 10.9. The number of benzene rings is 1. The molecular formula is C15H10Cl2O3S. The van der Waals surface area contributed by atoms with E-state index in [0.29, 0.717) is 25.4 Å². The first-order valence-electron chi connectivity index (χ1n) is 6.11. The molecule has 0 aliphatic carbocycles. The minimum Gasteiger partial charge on any atom is -0.425 e. The van der Waals surface area contributed by atoms with Crippen LogP contribution in [0.2, 0.25) is 9.36 Å². The number of aliphatic hydroxyl groups is 1. The van der Waals surface area contributed by atoms with Crippen LogP contribution in [0.15, 0.2) is 36.4 Å². The molecule has 2 heterocycles. The maximum absolute atomic E-state index is 12.2. The number of halogens is 2. The molecule has 1 aromatic carbocycles. The van der Waals surface area contributed by atoms with Gasteiger partial charge in [0.05, 0.1) is 15.5 Å². The number of carbonyl (C=O) groups excluding carboxylic acids is 1. The van der Waals surface area contributed by atoms with E-state index in [1.807, 2.05) is 0 Å². The van der Waals surface area contributed by atoms with Crippen molar-refractivity contribution in [3.05, 3.63) is 56.2 Å². The van der Waals surface area contributed by atoms with E-state index in [0.717, 1.165) is 0 Å². The molecule has 0 radical (unpaired) electrons. The molecule has 1 N–H and O–H groups in total. The molecule has 0 bridgehead atoms. The summed E-state index contributed by atoms with van der Waals surface area (Å²) in [7, 11) is 0. The smallest absolute Gasteiger partial charge is 0.342 e. The number of carbonyl (C=O) groups is 1. The van der Waals surface area contributed by atoms with Crippen molar-refractivity contribution >= 4 is 51.7 Å². The molecule has 0 saturated heterocycles. The number of thiophene rings is 1. The summed E-state index contributed by atoms with van der Waals surface area (Å²) in [6.45, 7) is 1.43. The molecule has 21 heavy (non-hydrogen) atoms. The van der Waals surface area contributed by atoms with Gasteiger partial charge >= 0.3 is 5.97 Å². The Bertz CT molecular complexity index is 762. The molecule has 0 saturated carbocycles. The standard InChI is InChI=1S/C15H10Cl2O3S/c1-15(19)13(10-6-7-11(17)21-10)12(14(18)20-15)8-4-2-3-5-9(8)16/h2-7,19H,1H3. The number of hydrogen-bond donors (Lipinski definition) is 1. The number of cyclic esters (lactones) is 1. The molecular weight excluding hydrogens is 331 g/mol. The van der Waals surface area contributed by atoms with Crippen LogP contribution >= 0.6 is 34.5 Å². The molecule has 0 spiro atoms. The minimum absolute atomic E-state index is 0.268. The average Bonchev–Trinajstić information content (AvgIpc) is 2.91. The Morgan fingerprint density at radius 1 is 1.19 bits per heavy atom.